The van der Waals surface area contributed by atoms with Gasteiger partial charge in [-0.3, -0.25) is 4.99 Å². The Morgan fingerprint density at radius 1 is 1.22 bits per heavy atom. The lowest BCUT2D eigenvalue weighted by atomic mass is 10.3. The summed E-state index contributed by atoms with van der Waals surface area (Å²) in [4.78, 5) is 3.75. The first-order chi connectivity index (χ1) is 4.27. The van der Waals surface area contributed by atoms with Gasteiger partial charge in [0, 0.05) is 12.4 Å². The molecular formula is C5H8Cl3N. The minimum atomic E-state index is 0.101. The van der Waals surface area contributed by atoms with Gasteiger partial charge >= 0.3 is 0 Å². The van der Waals surface area contributed by atoms with Gasteiger partial charge in [0.2, 0.25) is 0 Å². The van der Waals surface area contributed by atoms with Gasteiger partial charge in [0.15, 0.2) is 4.63 Å². The Labute approximate surface area is 70.0 Å². The van der Waals surface area contributed by atoms with Crippen LogP contribution in [-0.2, 0) is 0 Å². The Hall–Kier alpha value is 0.540. The van der Waals surface area contributed by atoms with Crippen molar-refractivity contribution in [3.05, 3.63) is 0 Å². The third-order valence-corrected chi connectivity index (χ3v) is 1.28. The lowest BCUT2D eigenvalue weighted by molar-refractivity contribution is 0.815. The summed E-state index contributed by atoms with van der Waals surface area (Å²) in [5.74, 6) is 0.676. The zero-order valence-electron chi connectivity index (χ0n) is 4.91. The number of halogens is 3. The van der Waals surface area contributed by atoms with Crippen LogP contribution < -0.4 is 0 Å². The molecule has 0 unspecified atom stereocenters. The van der Waals surface area contributed by atoms with Crippen molar-refractivity contribution >= 4 is 39.4 Å². The largest absolute Gasteiger partial charge is 0.263 e. The van der Waals surface area contributed by atoms with Crippen LogP contribution in [-0.4, -0.2) is 17.1 Å². The summed E-state index contributed by atoms with van der Waals surface area (Å²) in [5.41, 5.74) is 0. The Morgan fingerprint density at radius 2 is 1.89 bits per heavy atom. The second-order valence-electron chi connectivity index (χ2n) is 1.52. The number of unbranched alkanes of at least 4 members (excludes halogenated alkanes) is 1. The van der Waals surface area contributed by atoms with Crippen molar-refractivity contribution in [1.82, 2.24) is 0 Å². The fourth-order valence-corrected chi connectivity index (χ4v) is 0.728. The molecule has 0 amide bonds. The van der Waals surface area contributed by atoms with E-state index in [0.29, 0.717) is 12.4 Å². The average Bonchev–Trinajstić information content (AvgIpc) is 1.80. The zero-order chi connectivity index (χ0) is 7.11. The second kappa shape index (κ2) is 6.66. The van der Waals surface area contributed by atoms with E-state index in [4.69, 9.17) is 34.8 Å². The number of rotatable bonds is 4. The Morgan fingerprint density at radius 3 is 2.33 bits per heavy atom. The number of alkyl halides is 1. The molecule has 0 rings (SSSR count). The van der Waals surface area contributed by atoms with Gasteiger partial charge in [-0.15, -0.1) is 11.6 Å². The molecule has 4 heteroatoms. The van der Waals surface area contributed by atoms with Gasteiger partial charge in [-0.1, -0.05) is 0 Å². The quantitative estimate of drug-likeness (QED) is 0.365. The fraction of sp³-hybridized carbons (Fsp3) is 0.800. The first-order valence-corrected chi connectivity index (χ1v) is 3.98. The summed E-state index contributed by atoms with van der Waals surface area (Å²) < 4.78 is 0.101. The SMILES string of the molecule is ClCCCCN=C(Cl)Cl. The summed E-state index contributed by atoms with van der Waals surface area (Å²) in [6, 6.07) is 0. The molecule has 0 fully saturated rings. The molecule has 0 N–H and O–H groups in total. The van der Waals surface area contributed by atoms with Gasteiger partial charge in [0.1, 0.15) is 0 Å². The molecule has 0 aromatic heterocycles. The predicted octanol–water partition coefficient (Wildman–Crippen LogP) is 2.84. The maximum absolute atomic E-state index is 5.40. The first-order valence-electron chi connectivity index (χ1n) is 2.69. The van der Waals surface area contributed by atoms with Gasteiger partial charge in [0.05, 0.1) is 0 Å². The van der Waals surface area contributed by atoms with Gasteiger partial charge in [0.25, 0.3) is 0 Å². The van der Waals surface area contributed by atoms with Gasteiger partial charge in [-0.25, -0.2) is 0 Å². The highest BCUT2D eigenvalue weighted by Gasteiger charge is 1.85. The van der Waals surface area contributed by atoms with E-state index < -0.39 is 0 Å². The highest BCUT2D eigenvalue weighted by molar-refractivity contribution is 6.95. The molecule has 9 heavy (non-hydrogen) atoms. The van der Waals surface area contributed by atoms with E-state index in [-0.39, 0.29) is 4.63 Å². The van der Waals surface area contributed by atoms with Crippen molar-refractivity contribution in [2.75, 3.05) is 12.4 Å². The topological polar surface area (TPSA) is 12.4 Å². The smallest absolute Gasteiger partial charge is 0.191 e. The molecule has 0 atom stereocenters. The molecule has 0 heterocycles. The molecule has 0 saturated carbocycles. The molecule has 0 radical (unpaired) electrons. The standard InChI is InChI=1S/C5H8Cl3N/c6-3-1-2-4-9-5(7)8/h1-4H2. The van der Waals surface area contributed by atoms with E-state index in [9.17, 15) is 0 Å². The van der Waals surface area contributed by atoms with Crippen LogP contribution >= 0.6 is 34.8 Å². The van der Waals surface area contributed by atoms with Crippen LogP contribution in [0.15, 0.2) is 4.99 Å². The molecule has 0 aromatic carbocycles. The van der Waals surface area contributed by atoms with E-state index in [1.54, 1.807) is 0 Å². The third-order valence-electron chi connectivity index (χ3n) is 0.773. The molecule has 0 aliphatic rings. The lowest BCUT2D eigenvalue weighted by Gasteiger charge is -1.89. The maximum atomic E-state index is 5.40. The van der Waals surface area contributed by atoms with Crippen LogP contribution in [0.1, 0.15) is 12.8 Å². The molecular weight excluding hydrogens is 180 g/mol. The molecule has 0 aliphatic heterocycles. The number of hydrogen-bond acceptors (Lipinski definition) is 1. The minimum Gasteiger partial charge on any atom is -0.263 e. The van der Waals surface area contributed by atoms with Crippen molar-refractivity contribution in [1.29, 1.82) is 0 Å². The summed E-state index contributed by atoms with van der Waals surface area (Å²) in [5, 5.41) is 0. The summed E-state index contributed by atoms with van der Waals surface area (Å²) >= 11 is 15.9. The molecule has 0 saturated heterocycles. The van der Waals surface area contributed by atoms with Crippen molar-refractivity contribution in [3.63, 3.8) is 0 Å². The number of hydrogen-bond donors (Lipinski definition) is 0. The number of nitrogens with zero attached hydrogens (tertiary/aromatic N) is 1. The van der Waals surface area contributed by atoms with Gasteiger partial charge in [-0.2, -0.15) is 0 Å². The minimum absolute atomic E-state index is 0.101. The Balaban J connectivity index is 3.00. The molecule has 0 bridgehead atoms. The summed E-state index contributed by atoms with van der Waals surface area (Å²) in [6.45, 7) is 0.676. The Bertz CT molecular complexity index is 88.2. The van der Waals surface area contributed by atoms with Crippen LogP contribution in [0.2, 0.25) is 0 Å². The molecule has 54 valence electrons. The van der Waals surface area contributed by atoms with Crippen LogP contribution in [0.25, 0.3) is 0 Å². The normalized spacial score (nSPS) is 9.22. The highest BCUT2D eigenvalue weighted by Crippen LogP contribution is 1.96. The summed E-state index contributed by atoms with van der Waals surface area (Å²) in [6.07, 6.45) is 1.92. The van der Waals surface area contributed by atoms with Crippen molar-refractivity contribution in [2.45, 2.75) is 12.8 Å². The molecule has 1 nitrogen and oxygen atoms in total. The lowest BCUT2D eigenvalue weighted by Crippen LogP contribution is -1.83. The zero-order valence-corrected chi connectivity index (χ0v) is 7.18. The summed E-state index contributed by atoms with van der Waals surface area (Å²) in [7, 11) is 0. The molecule has 0 aliphatic carbocycles. The van der Waals surface area contributed by atoms with Crippen molar-refractivity contribution in [3.8, 4) is 0 Å². The molecule has 0 aromatic rings. The second-order valence-corrected chi connectivity index (χ2v) is 2.81. The van der Waals surface area contributed by atoms with Crippen molar-refractivity contribution in [2.24, 2.45) is 4.99 Å². The third kappa shape index (κ3) is 8.54. The van der Waals surface area contributed by atoms with Crippen molar-refractivity contribution < 1.29 is 0 Å². The van der Waals surface area contributed by atoms with Gasteiger partial charge in [-0.05, 0) is 36.0 Å². The van der Waals surface area contributed by atoms with E-state index >= 15 is 0 Å². The van der Waals surface area contributed by atoms with Crippen LogP contribution in [0, 0.1) is 0 Å². The van der Waals surface area contributed by atoms with Gasteiger partial charge < -0.3 is 0 Å². The van der Waals surface area contributed by atoms with E-state index in [1.165, 1.54) is 0 Å². The highest BCUT2D eigenvalue weighted by atomic mass is 35.5. The van der Waals surface area contributed by atoms with E-state index in [1.807, 2.05) is 0 Å². The monoisotopic (exact) mass is 187 g/mol. The maximum Gasteiger partial charge on any atom is 0.191 e. The fourth-order valence-electron chi connectivity index (χ4n) is 0.370. The Kier molecular flexibility index (Phi) is 7.06. The van der Waals surface area contributed by atoms with Crippen LogP contribution in [0.3, 0.4) is 0 Å². The average molecular weight is 188 g/mol. The van der Waals surface area contributed by atoms with Crippen LogP contribution in [0.5, 0.6) is 0 Å². The first kappa shape index (κ1) is 9.54. The van der Waals surface area contributed by atoms with Crippen LogP contribution in [0.4, 0.5) is 0 Å². The van der Waals surface area contributed by atoms with E-state index in [2.05, 4.69) is 4.99 Å². The number of aliphatic imine (C=N–C) groups is 1. The predicted molar refractivity (Wildman–Crippen MR) is 44.0 cm³/mol. The molecule has 0 spiro atoms. The van der Waals surface area contributed by atoms with E-state index in [0.717, 1.165) is 12.8 Å².